The van der Waals surface area contributed by atoms with Gasteiger partial charge in [0, 0.05) is 5.39 Å². The van der Waals surface area contributed by atoms with Gasteiger partial charge in [0.05, 0.1) is 16.8 Å². The zero-order valence-corrected chi connectivity index (χ0v) is 11.4. The maximum Gasteiger partial charge on any atom is 0.416 e. The largest absolute Gasteiger partial charge is 0.416 e. The Morgan fingerprint density at radius 3 is 2.27 bits per heavy atom. The number of halogens is 3. The van der Waals surface area contributed by atoms with Crippen LogP contribution in [0, 0.1) is 0 Å². The SMILES string of the molecule is FC(F)(F)c1ccc(/C=C/c2ncnc3ccccc23)cc1. The molecule has 0 aliphatic carbocycles. The maximum atomic E-state index is 12.5. The fourth-order valence-corrected chi connectivity index (χ4v) is 2.12. The average Bonchev–Trinajstić information content (AvgIpc) is 2.52. The number of para-hydroxylation sites is 1. The highest BCUT2D eigenvalue weighted by Gasteiger charge is 2.29. The molecule has 0 aliphatic rings. The van der Waals surface area contributed by atoms with Crippen LogP contribution in [-0.4, -0.2) is 9.97 Å². The second kappa shape index (κ2) is 5.60. The zero-order chi connectivity index (χ0) is 15.6. The highest BCUT2D eigenvalue weighted by Crippen LogP contribution is 2.29. The molecule has 0 atom stereocenters. The van der Waals surface area contributed by atoms with Gasteiger partial charge in [0.15, 0.2) is 0 Å². The van der Waals surface area contributed by atoms with Gasteiger partial charge >= 0.3 is 6.18 Å². The third-order valence-electron chi connectivity index (χ3n) is 3.25. The highest BCUT2D eigenvalue weighted by molar-refractivity contribution is 5.88. The summed E-state index contributed by atoms with van der Waals surface area (Å²) in [5, 5.41) is 0.896. The Labute approximate surface area is 125 Å². The molecule has 2 aromatic carbocycles. The Kier molecular flexibility index (Phi) is 3.63. The van der Waals surface area contributed by atoms with Gasteiger partial charge in [0.2, 0.25) is 0 Å². The first-order valence-corrected chi connectivity index (χ1v) is 6.59. The smallest absolute Gasteiger partial charge is 0.236 e. The molecule has 0 spiro atoms. The molecule has 22 heavy (non-hydrogen) atoms. The fraction of sp³-hybridized carbons (Fsp3) is 0.0588. The molecule has 110 valence electrons. The van der Waals surface area contributed by atoms with Crippen molar-refractivity contribution in [1.29, 1.82) is 0 Å². The molecule has 0 N–H and O–H groups in total. The minimum atomic E-state index is -4.31. The normalized spacial score (nSPS) is 12.1. The molecule has 3 rings (SSSR count). The lowest BCUT2D eigenvalue weighted by Gasteiger charge is -2.06. The molecule has 0 bridgehead atoms. The first kappa shape index (κ1) is 14.3. The quantitative estimate of drug-likeness (QED) is 0.678. The molecule has 0 saturated carbocycles. The molecule has 1 heterocycles. The lowest BCUT2D eigenvalue weighted by atomic mass is 10.1. The molecule has 0 fully saturated rings. The van der Waals surface area contributed by atoms with Crippen molar-refractivity contribution in [3.8, 4) is 0 Å². The first-order chi connectivity index (χ1) is 10.5. The van der Waals surface area contributed by atoms with Crippen LogP contribution in [0.2, 0.25) is 0 Å². The molecule has 0 unspecified atom stereocenters. The standard InChI is InChI=1S/C17H11F3N2/c18-17(19,20)13-8-5-12(6-9-13)7-10-16-14-3-1-2-4-15(14)21-11-22-16/h1-11H/b10-7+. The van der Waals surface area contributed by atoms with Gasteiger partial charge in [-0.2, -0.15) is 13.2 Å². The molecule has 1 aromatic heterocycles. The van der Waals surface area contributed by atoms with Crippen LogP contribution in [0.5, 0.6) is 0 Å². The van der Waals surface area contributed by atoms with E-state index in [0.29, 0.717) is 5.56 Å². The second-order valence-corrected chi connectivity index (χ2v) is 4.73. The van der Waals surface area contributed by atoms with Crippen LogP contribution in [0.25, 0.3) is 23.1 Å². The minimum absolute atomic E-state index is 0.655. The van der Waals surface area contributed by atoms with E-state index in [0.717, 1.165) is 28.7 Å². The van der Waals surface area contributed by atoms with Crippen molar-refractivity contribution in [3.05, 3.63) is 71.7 Å². The molecule has 0 amide bonds. The molecule has 0 aliphatic heterocycles. The van der Waals surface area contributed by atoms with Crippen molar-refractivity contribution in [1.82, 2.24) is 9.97 Å². The van der Waals surface area contributed by atoms with Crippen LogP contribution in [0.4, 0.5) is 13.2 Å². The van der Waals surface area contributed by atoms with E-state index >= 15 is 0 Å². The van der Waals surface area contributed by atoms with Crippen LogP contribution in [-0.2, 0) is 6.18 Å². The second-order valence-electron chi connectivity index (χ2n) is 4.73. The Morgan fingerprint density at radius 2 is 1.55 bits per heavy atom. The van der Waals surface area contributed by atoms with Gasteiger partial charge in [0.25, 0.3) is 0 Å². The molecular weight excluding hydrogens is 289 g/mol. The molecule has 5 heteroatoms. The van der Waals surface area contributed by atoms with E-state index in [9.17, 15) is 13.2 Å². The maximum absolute atomic E-state index is 12.5. The summed E-state index contributed by atoms with van der Waals surface area (Å²) in [6.07, 6.45) is 0.654. The van der Waals surface area contributed by atoms with Crippen molar-refractivity contribution in [2.24, 2.45) is 0 Å². The summed E-state index contributed by atoms with van der Waals surface area (Å²) in [6, 6.07) is 12.6. The zero-order valence-electron chi connectivity index (χ0n) is 11.4. The Hall–Kier alpha value is -2.69. The van der Waals surface area contributed by atoms with E-state index in [1.54, 1.807) is 12.2 Å². The van der Waals surface area contributed by atoms with Crippen LogP contribution >= 0.6 is 0 Å². The number of benzene rings is 2. The number of hydrogen-bond acceptors (Lipinski definition) is 2. The van der Waals surface area contributed by atoms with Crippen molar-refractivity contribution in [2.45, 2.75) is 6.18 Å². The summed E-state index contributed by atoms with van der Waals surface area (Å²) in [5.74, 6) is 0. The third kappa shape index (κ3) is 2.98. The molecule has 0 saturated heterocycles. The number of nitrogens with zero attached hydrogens (tertiary/aromatic N) is 2. The van der Waals surface area contributed by atoms with Gasteiger partial charge in [-0.05, 0) is 29.8 Å². The summed E-state index contributed by atoms with van der Waals surface area (Å²) in [7, 11) is 0. The number of rotatable bonds is 2. The molecule has 0 radical (unpaired) electrons. The van der Waals surface area contributed by atoms with Gasteiger partial charge in [-0.3, -0.25) is 0 Å². The summed E-state index contributed by atoms with van der Waals surface area (Å²) in [5.41, 5.74) is 1.57. The lowest BCUT2D eigenvalue weighted by Crippen LogP contribution is -2.03. The number of hydrogen-bond donors (Lipinski definition) is 0. The van der Waals surface area contributed by atoms with Crippen molar-refractivity contribution in [2.75, 3.05) is 0 Å². The topological polar surface area (TPSA) is 25.8 Å². The average molecular weight is 300 g/mol. The van der Waals surface area contributed by atoms with E-state index < -0.39 is 11.7 Å². The summed E-state index contributed by atoms with van der Waals surface area (Å²) < 4.78 is 37.5. The summed E-state index contributed by atoms with van der Waals surface area (Å²) in [6.45, 7) is 0. The minimum Gasteiger partial charge on any atom is -0.236 e. The van der Waals surface area contributed by atoms with Gasteiger partial charge in [-0.25, -0.2) is 9.97 Å². The third-order valence-corrected chi connectivity index (χ3v) is 3.25. The van der Waals surface area contributed by atoms with E-state index in [1.807, 2.05) is 24.3 Å². The molecule has 3 aromatic rings. The van der Waals surface area contributed by atoms with Crippen molar-refractivity contribution >= 4 is 23.1 Å². The van der Waals surface area contributed by atoms with Crippen molar-refractivity contribution in [3.63, 3.8) is 0 Å². The fourth-order valence-electron chi connectivity index (χ4n) is 2.12. The van der Waals surface area contributed by atoms with Gasteiger partial charge in [0.1, 0.15) is 6.33 Å². The monoisotopic (exact) mass is 300 g/mol. The molecular formula is C17H11F3N2. The van der Waals surface area contributed by atoms with Gasteiger partial charge in [-0.15, -0.1) is 0 Å². The summed E-state index contributed by atoms with van der Waals surface area (Å²) >= 11 is 0. The van der Waals surface area contributed by atoms with Crippen LogP contribution < -0.4 is 0 Å². The Balaban J connectivity index is 1.90. The lowest BCUT2D eigenvalue weighted by molar-refractivity contribution is -0.137. The Bertz CT molecular complexity index is 816. The summed E-state index contributed by atoms with van der Waals surface area (Å²) in [4.78, 5) is 8.37. The van der Waals surface area contributed by atoms with Crippen molar-refractivity contribution < 1.29 is 13.2 Å². The van der Waals surface area contributed by atoms with E-state index in [-0.39, 0.29) is 0 Å². The highest BCUT2D eigenvalue weighted by atomic mass is 19.4. The van der Waals surface area contributed by atoms with Gasteiger partial charge in [-0.1, -0.05) is 36.4 Å². The number of aromatic nitrogens is 2. The predicted octanol–water partition coefficient (Wildman–Crippen LogP) is 4.82. The van der Waals surface area contributed by atoms with E-state index in [4.69, 9.17) is 0 Å². The Morgan fingerprint density at radius 1 is 0.818 bits per heavy atom. The molecule has 2 nitrogen and oxygen atoms in total. The predicted molar refractivity (Wildman–Crippen MR) is 79.9 cm³/mol. The van der Waals surface area contributed by atoms with E-state index in [1.165, 1.54) is 18.5 Å². The van der Waals surface area contributed by atoms with E-state index in [2.05, 4.69) is 9.97 Å². The number of fused-ring (bicyclic) bond motifs is 1. The van der Waals surface area contributed by atoms with Crippen LogP contribution in [0.3, 0.4) is 0 Å². The number of alkyl halides is 3. The van der Waals surface area contributed by atoms with Crippen LogP contribution in [0.15, 0.2) is 54.9 Å². The van der Waals surface area contributed by atoms with Gasteiger partial charge < -0.3 is 0 Å². The first-order valence-electron chi connectivity index (χ1n) is 6.59. The van der Waals surface area contributed by atoms with Crippen LogP contribution in [0.1, 0.15) is 16.8 Å².